The maximum absolute atomic E-state index is 9.92. The molecule has 0 spiro atoms. The lowest BCUT2D eigenvalue weighted by atomic mass is 9.87. The van der Waals surface area contributed by atoms with Crippen molar-refractivity contribution in [1.29, 1.82) is 0 Å². The zero-order valence-corrected chi connectivity index (χ0v) is 15.3. The summed E-state index contributed by atoms with van der Waals surface area (Å²) in [7, 11) is 0. The molecule has 2 nitrogen and oxygen atoms in total. The molecule has 0 saturated carbocycles. The van der Waals surface area contributed by atoms with Crippen molar-refractivity contribution in [2.24, 2.45) is 0 Å². The van der Waals surface area contributed by atoms with Gasteiger partial charge in [0.15, 0.2) is 0 Å². The molecule has 0 amide bonds. The molecule has 24 heavy (non-hydrogen) atoms. The molecule has 1 aliphatic rings. The number of hydrogen-bond acceptors (Lipinski definition) is 2. The minimum absolute atomic E-state index is 0.140. The molecule has 0 unspecified atom stereocenters. The molecule has 1 heterocycles. The lowest BCUT2D eigenvalue weighted by Gasteiger charge is -2.38. The van der Waals surface area contributed by atoms with Crippen LogP contribution in [0.4, 0.5) is 0 Å². The second-order valence-electron chi connectivity index (χ2n) is 7.25. The Morgan fingerprint density at radius 2 is 1.29 bits per heavy atom. The van der Waals surface area contributed by atoms with Gasteiger partial charge in [-0.1, -0.05) is 36.4 Å². The van der Waals surface area contributed by atoms with Gasteiger partial charge in [0.05, 0.1) is 12.1 Å². The Hall–Kier alpha value is -1.64. The number of piperidine rings is 1. The Balaban J connectivity index is 2.10. The Labute approximate surface area is 146 Å². The molecule has 0 atom stereocenters. The lowest BCUT2D eigenvalue weighted by molar-refractivity contribution is 0.0686. The van der Waals surface area contributed by atoms with E-state index in [9.17, 15) is 5.11 Å². The molecule has 2 aromatic rings. The van der Waals surface area contributed by atoms with Gasteiger partial charge < -0.3 is 5.11 Å². The largest absolute Gasteiger partial charge is 0.393 e. The molecule has 1 fully saturated rings. The summed E-state index contributed by atoms with van der Waals surface area (Å²) in [6.07, 6.45) is 1.59. The minimum Gasteiger partial charge on any atom is -0.393 e. The van der Waals surface area contributed by atoms with E-state index in [1.54, 1.807) is 0 Å². The van der Waals surface area contributed by atoms with E-state index in [1.165, 1.54) is 33.4 Å². The summed E-state index contributed by atoms with van der Waals surface area (Å²) < 4.78 is 0. The topological polar surface area (TPSA) is 23.5 Å². The normalized spacial score (nSPS) is 16.8. The van der Waals surface area contributed by atoms with Crippen molar-refractivity contribution in [2.75, 3.05) is 13.1 Å². The number of benzene rings is 2. The minimum atomic E-state index is -0.140. The van der Waals surface area contributed by atoms with Crippen LogP contribution in [0.15, 0.2) is 36.4 Å². The number of aliphatic hydroxyl groups is 1. The molecule has 0 aromatic heterocycles. The number of aliphatic hydroxyl groups excluding tert-OH is 1. The maximum atomic E-state index is 9.92. The van der Waals surface area contributed by atoms with Gasteiger partial charge in [-0.05, 0) is 73.9 Å². The summed E-state index contributed by atoms with van der Waals surface area (Å²) in [4.78, 5) is 2.55. The van der Waals surface area contributed by atoms with E-state index in [0.717, 1.165) is 25.9 Å². The summed E-state index contributed by atoms with van der Waals surface area (Å²) in [6, 6.07) is 13.6. The van der Waals surface area contributed by atoms with Crippen LogP contribution in [-0.4, -0.2) is 29.2 Å². The van der Waals surface area contributed by atoms with Crippen molar-refractivity contribution < 1.29 is 5.11 Å². The van der Waals surface area contributed by atoms with E-state index in [4.69, 9.17) is 0 Å². The molecule has 3 rings (SSSR count). The van der Waals surface area contributed by atoms with Gasteiger partial charge >= 0.3 is 0 Å². The summed E-state index contributed by atoms with van der Waals surface area (Å²) >= 11 is 0. The van der Waals surface area contributed by atoms with E-state index in [-0.39, 0.29) is 12.1 Å². The fourth-order valence-corrected chi connectivity index (χ4v) is 3.84. The highest BCUT2D eigenvalue weighted by Gasteiger charge is 2.29. The van der Waals surface area contributed by atoms with Crippen LogP contribution >= 0.6 is 0 Å². The molecule has 2 aromatic carbocycles. The molecule has 2 heteroatoms. The first-order valence-corrected chi connectivity index (χ1v) is 9.03. The first-order valence-electron chi connectivity index (χ1n) is 9.03. The van der Waals surface area contributed by atoms with E-state index in [0.29, 0.717) is 0 Å². The molecule has 128 valence electrons. The van der Waals surface area contributed by atoms with Gasteiger partial charge in [-0.15, -0.1) is 0 Å². The van der Waals surface area contributed by atoms with Crippen molar-refractivity contribution in [3.63, 3.8) is 0 Å². The molecule has 0 bridgehead atoms. The summed E-state index contributed by atoms with van der Waals surface area (Å²) in [5.41, 5.74) is 8.27. The van der Waals surface area contributed by atoms with E-state index in [2.05, 4.69) is 69.0 Å². The van der Waals surface area contributed by atoms with Crippen LogP contribution in [0.3, 0.4) is 0 Å². The smallest absolute Gasteiger partial charge is 0.0607 e. The monoisotopic (exact) mass is 323 g/mol. The van der Waals surface area contributed by atoms with Crippen LogP contribution in [-0.2, 0) is 0 Å². The average Bonchev–Trinajstić information content (AvgIpc) is 2.57. The fraction of sp³-hybridized carbons (Fsp3) is 0.455. The third kappa shape index (κ3) is 3.26. The Morgan fingerprint density at radius 1 is 0.833 bits per heavy atom. The van der Waals surface area contributed by atoms with Crippen LogP contribution in [0.2, 0.25) is 0 Å². The van der Waals surface area contributed by atoms with E-state index >= 15 is 0 Å². The van der Waals surface area contributed by atoms with Gasteiger partial charge in [-0.25, -0.2) is 0 Å². The predicted molar refractivity (Wildman–Crippen MR) is 100 cm³/mol. The summed E-state index contributed by atoms with van der Waals surface area (Å²) in [5.74, 6) is 0. The van der Waals surface area contributed by atoms with E-state index < -0.39 is 0 Å². The molecular formula is C22H29NO. The molecule has 0 radical (unpaired) electrons. The third-order valence-corrected chi connectivity index (χ3v) is 5.75. The first kappa shape index (κ1) is 17.2. The highest BCUT2D eigenvalue weighted by Crippen LogP contribution is 2.36. The Kier molecular flexibility index (Phi) is 5.07. The zero-order valence-electron chi connectivity index (χ0n) is 15.3. The quantitative estimate of drug-likeness (QED) is 0.901. The highest BCUT2D eigenvalue weighted by molar-refractivity contribution is 5.45. The standard InChI is InChI=1S/C22H29NO/c1-15-7-5-9-20(17(15)3)22(23-13-11-19(24)12-14-23)21-10-6-8-16(2)18(21)4/h5-10,19,22,24H,11-14H2,1-4H3. The molecule has 1 aliphatic heterocycles. The molecule has 1 saturated heterocycles. The third-order valence-electron chi connectivity index (χ3n) is 5.75. The molecule has 0 aliphatic carbocycles. The SMILES string of the molecule is Cc1cccc(C(c2cccc(C)c2C)N2CCC(O)CC2)c1C. The van der Waals surface area contributed by atoms with Crippen LogP contribution in [0.25, 0.3) is 0 Å². The fourth-order valence-electron chi connectivity index (χ4n) is 3.84. The van der Waals surface area contributed by atoms with Crippen molar-refractivity contribution in [3.8, 4) is 0 Å². The lowest BCUT2D eigenvalue weighted by Crippen LogP contribution is -2.39. The second-order valence-corrected chi connectivity index (χ2v) is 7.25. The van der Waals surface area contributed by atoms with Crippen LogP contribution in [0.5, 0.6) is 0 Å². The Morgan fingerprint density at radius 3 is 1.75 bits per heavy atom. The van der Waals surface area contributed by atoms with Gasteiger partial charge in [0, 0.05) is 13.1 Å². The van der Waals surface area contributed by atoms with Crippen LogP contribution in [0.1, 0.15) is 52.3 Å². The van der Waals surface area contributed by atoms with Gasteiger partial charge in [0.25, 0.3) is 0 Å². The average molecular weight is 323 g/mol. The van der Waals surface area contributed by atoms with Crippen LogP contribution < -0.4 is 0 Å². The van der Waals surface area contributed by atoms with Gasteiger partial charge in [-0.3, -0.25) is 4.90 Å². The van der Waals surface area contributed by atoms with Gasteiger partial charge in [0.2, 0.25) is 0 Å². The number of hydrogen-bond donors (Lipinski definition) is 1. The molecular weight excluding hydrogens is 294 g/mol. The molecule has 1 N–H and O–H groups in total. The number of aryl methyl sites for hydroxylation is 2. The highest BCUT2D eigenvalue weighted by atomic mass is 16.3. The van der Waals surface area contributed by atoms with Crippen LogP contribution in [0, 0.1) is 27.7 Å². The zero-order chi connectivity index (χ0) is 17.3. The van der Waals surface area contributed by atoms with Gasteiger partial charge in [0.1, 0.15) is 0 Å². The Bertz CT molecular complexity index is 662. The summed E-state index contributed by atoms with van der Waals surface area (Å²) in [6.45, 7) is 10.8. The predicted octanol–water partition coefficient (Wildman–Crippen LogP) is 4.47. The summed E-state index contributed by atoms with van der Waals surface area (Å²) in [5, 5.41) is 9.92. The van der Waals surface area contributed by atoms with E-state index in [1.807, 2.05) is 0 Å². The number of nitrogens with zero attached hydrogens (tertiary/aromatic N) is 1. The number of rotatable bonds is 3. The second kappa shape index (κ2) is 7.08. The number of likely N-dealkylation sites (tertiary alicyclic amines) is 1. The van der Waals surface area contributed by atoms with Crippen molar-refractivity contribution >= 4 is 0 Å². The maximum Gasteiger partial charge on any atom is 0.0607 e. The van der Waals surface area contributed by atoms with Crippen molar-refractivity contribution in [2.45, 2.75) is 52.7 Å². The van der Waals surface area contributed by atoms with Crippen molar-refractivity contribution in [1.82, 2.24) is 4.90 Å². The van der Waals surface area contributed by atoms with Gasteiger partial charge in [-0.2, -0.15) is 0 Å². The van der Waals surface area contributed by atoms with Crippen molar-refractivity contribution in [3.05, 3.63) is 69.8 Å². The first-order chi connectivity index (χ1) is 11.5.